The number of aromatic nitrogens is 2. The first-order valence-corrected chi connectivity index (χ1v) is 8.14. The lowest BCUT2D eigenvalue weighted by Crippen LogP contribution is -2.55. The third-order valence-electron chi connectivity index (χ3n) is 4.65. The number of hydrogen-bond donors (Lipinski definition) is 6. The molecule has 0 saturated carbocycles. The zero-order chi connectivity index (χ0) is 18.6. The summed E-state index contributed by atoms with van der Waals surface area (Å²) >= 11 is 0. The molecular weight excluding hydrogens is 329 g/mol. The predicted octanol–water partition coefficient (Wildman–Crippen LogP) is -2.23. The minimum atomic E-state index is -1.57. The molecule has 1 aromatic rings. The van der Waals surface area contributed by atoms with Gasteiger partial charge in [0.05, 0.1) is 18.1 Å². The monoisotopic (exact) mass is 353 g/mol. The summed E-state index contributed by atoms with van der Waals surface area (Å²) in [7, 11) is -1.45. The maximum atomic E-state index is 12.5. The predicted molar refractivity (Wildman–Crippen MR) is 89.1 cm³/mol. The van der Waals surface area contributed by atoms with Crippen LogP contribution < -0.4 is 11.5 Å². The van der Waals surface area contributed by atoms with E-state index >= 15 is 0 Å². The SMILES string of the molecule is N[C@@H](Cc1c[nH]cn1)C(=O)N1C[C@H](CCCB(O)O)[C@@](N)(C(=O)O)C1. The highest BCUT2D eigenvalue weighted by Crippen LogP contribution is 2.31. The minimum Gasteiger partial charge on any atom is -0.480 e. The van der Waals surface area contributed by atoms with Crippen molar-refractivity contribution in [2.24, 2.45) is 17.4 Å². The van der Waals surface area contributed by atoms with E-state index in [4.69, 9.17) is 21.5 Å². The smallest absolute Gasteiger partial charge is 0.451 e. The molecule has 1 amide bonds. The number of hydrogen-bond acceptors (Lipinski definition) is 7. The normalized spacial score (nSPS) is 24.3. The summed E-state index contributed by atoms with van der Waals surface area (Å²) in [4.78, 5) is 32.3. The number of carbonyl (C=O) groups excluding carboxylic acids is 1. The van der Waals surface area contributed by atoms with Gasteiger partial charge in [0.1, 0.15) is 5.54 Å². The molecule has 0 unspecified atom stereocenters. The van der Waals surface area contributed by atoms with Crippen LogP contribution in [0.2, 0.25) is 6.32 Å². The Morgan fingerprint density at radius 3 is 2.80 bits per heavy atom. The van der Waals surface area contributed by atoms with Gasteiger partial charge in [-0.05, 0) is 12.7 Å². The van der Waals surface area contributed by atoms with Crippen LogP contribution in [0.4, 0.5) is 0 Å². The first-order chi connectivity index (χ1) is 11.7. The largest absolute Gasteiger partial charge is 0.480 e. The van der Waals surface area contributed by atoms with Crippen LogP contribution in [0.25, 0.3) is 0 Å². The molecule has 0 radical (unpaired) electrons. The van der Waals surface area contributed by atoms with Crippen molar-refractivity contribution in [1.82, 2.24) is 14.9 Å². The molecule has 1 aliphatic rings. The van der Waals surface area contributed by atoms with E-state index in [1.165, 1.54) is 11.2 Å². The Balaban J connectivity index is 2.01. The number of carboxylic acids is 1. The van der Waals surface area contributed by atoms with Crippen LogP contribution in [-0.4, -0.2) is 73.7 Å². The Morgan fingerprint density at radius 1 is 1.52 bits per heavy atom. The maximum absolute atomic E-state index is 12.5. The van der Waals surface area contributed by atoms with Crippen LogP contribution in [0.5, 0.6) is 0 Å². The fourth-order valence-electron chi connectivity index (χ4n) is 3.19. The number of carbonyl (C=O) groups is 2. The van der Waals surface area contributed by atoms with Crippen molar-refractivity contribution in [1.29, 1.82) is 0 Å². The first kappa shape index (κ1) is 19.4. The number of H-pyrrole nitrogens is 1. The number of nitrogens with zero attached hydrogens (tertiary/aromatic N) is 2. The Labute approximate surface area is 145 Å². The van der Waals surface area contributed by atoms with E-state index in [0.717, 1.165) is 0 Å². The van der Waals surface area contributed by atoms with Gasteiger partial charge in [0, 0.05) is 31.6 Å². The molecular formula is C14H24BN5O5. The molecule has 1 aromatic heterocycles. The van der Waals surface area contributed by atoms with Crippen molar-refractivity contribution < 1.29 is 24.7 Å². The minimum absolute atomic E-state index is 0.123. The van der Waals surface area contributed by atoms with E-state index in [2.05, 4.69) is 9.97 Å². The molecule has 10 nitrogen and oxygen atoms in total. The van der Waals surface area contributed by atoms with Crippen molar-refractivity contribution in [3.63, 3.8) is 0 Å². The third-order valence-corrected chi connectivity index (χ3v) is 4.65. The van der Waals surface area contributed by atoms with Gasteiger partial charge in [-0.25, -0.2) is 4.98 Å². The summed E-state index contributed by atoms with van der Waals surface area (Å²) in [6, 6.07) is -0.834. The van der Waals surface area contributed by atoms with Crippen LogP contribution in [0.3, 0.4) is 0 Å². The molecule has 0 spiro atoms. The van der Waals surface area contributed by atoms with Gasteiger partial charge in [-0.1, -0.05) is 6.42 Å². The number of likely N-dealkylation sites (tertiary alicyclic amines) is 1. The number of nitrogens with two attached hydrogens (primary N) is 2. The van der Waals surface area contributed by atoms with Crippen LogP contribution >= 0.6 is 0 Å². The second kappa shape index (κ2) is 7.96. The maximum Gasteiger partial charge on any atom is 0.451 e. The van der Waals surface area contributed by atoms with Gasteiger partial charge in [-0.15, -0.1) is 0 Å². The second-order valence-corrected chi connectivity index (χ2v) is 6.54. The van der Waals surface area contributed by atoms with E-state index < -0.39 is 30.6 Å². The average Bonchev–Trinajstić information content (AvgIpc) is 3.15. The molecule has 0 aliphatic carbocycles. The number of imidazole rings is 1. The van der Waals surface area contributed by atoms with Crippen molar-refractivity contribution in [3.8, 4) is 0 Å². The van der Waals surface area contributed by atoms with Gasteiger partial charge in [0.25, 0.3) is 0 Å². The zero-order valence-electron chi connectivity index (χ0n) is 13.8. The number of aromatic amines is 1. The number of nitrogens with one attached hydrogen (secondary N) is 1. The molecule has 3 atom stereocenters. The molecule has 25 heavy (non-hydrogen) atoms. The molecule has 1 saturated heterocycles. The average molecular weight is 353 g/mol. The van der Waals surface area contributed by atoms with E-state index in [-0.39, 0.29) is 31.7 Å². The van der Waals surface area contributed by atoms with Crippen molar-refractivity contribution in [3.05, 3.63) is 18.2 Å². The summed E-state index contributed by atoms with van der Waals surface area (Å²) in [5, 5.41) is 27.3. The molecule has 0 bridgehead atoms. The Bertz CT molecular complexity index is 598. The quantitative estimate of drug-likeness (QED) is 0.284. The summed E-state index contributed by atoms with van der Waals surface area (Å²) < 4.78 is 0. The van der Waals surface area contributed by atoms with Crippen molar-refractivity contribution >= 4 is 19.0 Å². The lowest BCUT2D eigenvalue weighted by molar-refractivity contribution is -0.144. The fourth-order valence-corrected chi connectivity index (χ4v) is 3.19. The van der Waals surface area contributed by atoms with Gasteiger partial charge in [0.2, 0.25) is 5.91 Å². The highest BCUT2D eigenvalue weighted by molar-refractivity contribution is 6.40. The lowest BCUT2D eigenvalue weighted by atomic mass is 9.78. The van der Waals surface area contributed by atoms with E-state index in [1.54, 1.807) is 6.20 Å². The fraction of sp³-hybridized carbons (Fsp3) is 0.643. The van der Waals surface area contributed by atoms with Crippen LogP contribution in [0.1, 0.15) is 18.5 Å². The Kier molecular flexibility index (Phi) is 6.17. The first-order valence-electron chi connectivity index (χ1n) is 8.14. The number of aliphatic carboxylic acids is 1. The van der Waals surface area contributed by atoms with Gasteiger partial charge in [-0.2, -0.15) is 0 Å². The van der Waals surface area contributed by atoms with E-state index in [1.807, 2.05) is 0 Å². The van der Waals surface area contributed by atoms with Gasteiger partial charge < -0.3 is 36.5 Å². The van der Waals surface area contributed by atoms with Crippen molar-refractivity contribution in [2.45, 2.75) is 37.2 Å². The Morgan fingerprint density at radius 2 is 2.24 bits per heavy atom. The number of carboxylic acid groups (broad SMARTS) is 1. The standard InChI is InChI=1S/C14H24BN5O5/c16-11(4-10-5-18-8-19-10)12(21)20-6-9(2-1-3-15(24)25)14(17,7-20)13(22)23/h5,8-9,11,24-25H,1-4,6-7,16-17H2,(H,18,19)(H,22,23)/t9-,11-,14+/m0/s1. The molecule has 11 heteroatoms. The molecule has 1 aliphatic heterocycles. The topological polar surface area (TPSA) is 179 Å². The van der Waals surface area contributed by atoms with Crippen LogP contribution in [0.15, 0.2) is 12.5 Å². The molecule has 8 N–H and O–H groups in total. The van der Waals surface area contributed by atoms with Crippen LogP contribution in [-0.2, 0) is 16.0 Å². The Hall–Kier alpha value is -1.95. The molecule has 2 rings (SSSR count). The number of rotatable bonds is 8. The van der Waals surface area contributed by atoms with Gasteiger partial charge >= 0.3 is 13.1 Å². The summed E-state index contributed by atoms with van der Waals surface area (Å²) in [5.41, 5.74) is 11.1. The summed E-state index contributed by atoms with van der Waals surface area (Å²) in [5.74, 6) is -2.03. The van der Waals surface area contributed by atoms with E-state index in [9.17, 15) is 14.7 Å². The highest BCUT2D eigenvalue weighted by Gasteiger charge is 2.50. The number of amides is 1. The molecule has 0 aromatic carbocycles. The molecule has 1 fully saturated rings. The van der Waals surface area contributed by atoms with Gasteiger partial charge in [-0.3, -0.25) is 9.59 Å². The molecule has 138 valence electrons. The van der Waals surface area contributed by atoms with Crippen molar-refractivity contribution in [2.75, 3.05) is 13.1 Å². The third kappa shape index (κ3) is 4.57. The highest BCUT2D eigenvalue weighted by atomic mass is 16.4. The zero-order valence-corrected chi connectivity index (χ0v) is 13.8. The van der Waals surface area contributed by atoms with Gasteiger partial charge in [0.15, 0.2) is 0 Å². The molecule has 2 heterocycles. The summed E-state index contributed by atoms with van der Waals surface area (Å²) in [6.07, 6.45) is 4.27. The summed E-state index contributed by atoms with van der Waals surface area (Å²) in [6.45, 7) is 0.0548. The van der Waals surface area contributed by atoms with E-state index in [0.29, 0.717) is 18.5 Å². The lowest BCUT2D eigenvalue weighted by Gasteiger charge is -2.25. The second-order valence-electron chi connectivity index (χ2n) is 6.54. The van der Waals surface area contributed by atoms with Crippen LogP contribution in [0, 0.1) is 5.92 Å².